The van der Waals surface area contributed by atoms with Crippen molar-refractivity contribution < 1.29 is 38.1 Å². The third kappa shape index (κ3) is 2.86. The molecule has 3 heterocycles. The Morgan fingerprint density at radius 3 is 2.70 bits per heavy atom. The summed E-state index contributed by atoms with van der Waals surface area (Å²) in [5.74, 6) is -2.67. The summed E-state index contributed by atoms with van der Waals surface area (Å²) in [7, 11) is 0. The van der Waals surface area contributed by atoms with Crippen molar-refractivity contribution in [1.29, 1.82) is 0 Å². The lowest BCUT2D eigenvalue weighted by molar-refractivity contribution is -0.217. The quantitative estimate of drug-likeness (QED) is 0.525. The predicted octanol–water partition coefficient (Wildman–Crippen LogP) is 0.315. The molecular weight excluding hydrogens is 308 g/mol. The van der Waals surface area contributed by atoms with Crippen LogP contribution in [0, 0.1) is 5.92 Å². The minimum atomic E-state index is -1.16. The maximum absolute atomic E-state index is 12.1. The van der Waals surface area contributed by atoms with Crippen LogP contribution >= 0.6 is 0 Å². The molecule has 0 bridgehead atoms. The summed E-state index contributed by atoms with van der Waals surface area (Å²) in [4.78, 5) is 34.7. The summed E-state index contributed by atoms with van der Waals surface area (Å²) < 4.78 is 27.4. The van der Waals surface area contributed by atoms with Gasteiger partial charge in [0, 0.05) is 6.42 Å². The maximum atomic E-state index is 12.1. The molecule has 0 aromatic carbocycles. The van der Waals surface area contributed by atoms with Crippen LogP contribution < -0.4 is 0 Å². The van der Waals surface area contributed by atoms with Crippen LogP contribution in [0.3, 0.4) is 0 Å². The minimum absolute atomic E-state index is 0.0533. The average molecular weight is 328 g/mol. The maximum Gasteiger partial charge on any atom is 0.350 e. The van der Waals surface area contributed by atoms with Crippen LogP contribution in [0.2, 0.25) is 0 Å². The SMILES string of the molecule is CCC(CC=O)C(=O)OC1C(=O)OC2C3OC(C)(C)OC3OC12. The minimum Gasteiger partial charge on any atom is -0.454 e. The first-order chi connectivity index (χ1) is 10.9. The Labute approximate surface area is 133 Å². The summed E-state index contributed by atoms with van der Waals surface area (Å²) in [6, 6.07) is 0. The molecule has 128 valence electrons. The Kier molecular flexibility index (Phi) is 4.16. The summed E-state index contributed by atoms with van der Waals surface area (Å²) in [5, 5.41) is 0. The molecule has 6 unspecified atom stereocenters. The van der Waals surface area contributed by atoms with Crippen molar-refractivity contribution in [2.75, 3.05) is 0 Å². The van der Waals surface area contributed by atoms with E-state index in [2.05, 4.69) is 0 Å². The van der Waals surface area contributed by atoms with Crippen molar-refractivity contribution in [1.82, 2.24) is 0 Å². The fourth-order valence-electron chi connectivity index (χ4n) is 3.10. The number of ether oxygens (including phenoxy) is 5. The Balaban J connectivity index is 1.68. The molecule has 3 fully saturated rings. The van der Waals surface area contributed by atoms with Gasteiger partial charge in [0.1, 0.15) is 12.4 Å². The highest BCUT2D eigenvalue weighted by molar-refractivity contribution is 5.83. The Morgan fingerprint density at radius 1 is 1.30 bits per heavy atom. The third-order valence-electron chi connectivity index (χ3n) is 4.26. The summed E-state index contributed by atoms with van der Waals surface area (Å²) in [5.41, 5.74) is 0. The molecule has 3 aliphatic heterocycles. The standard InChI is InChI=1S/C15H20O8/c1-4-7(5-6-16)12(17)20-10-8-9(19-13(10)18)11-14(21-8)23-15(2,3)22-11/h6-11,14H,4-5H2,1-3H3. The van der Waals surface area contributed by atoms with Gasteiger partial charge >= 0.3 is 11.9 Å². The van der Waals surface area contributed by atoms with Crippen molar-refractivity contribution in [3.05, 3.63) is 0 Å². The molecule has 0 saturated carbocycles. The highest BCUT2D eigenvalue weighted by atomic mass is 16.8. The summed E-state index contributed by atoms with van der Waals surface area (Å²) in [6.07, 6.45) is -2.63. The van der Waals surface area contributed by atoms with E-state index >= 15 is 0 Å². The van der Waals surface area contributed by atoms with Gasteiger partial charge in [-0.05, 0) is 20.3 Å². The van der Waals surface area contributed by atoms with E-state index in [1.54, 1.807) is 20.8 Å². The van der Waals surface area contributed by atoms with Crippen LogP contribution in [0.15, 0.2) is 0 Å². The largest absolute Gasteiger partial charge is 0.454 e. The fourth-order valence-corrected chi connectivity index (χ4v) is 3.10. The van der Waals surface area contributed by atoms with Crippen LogP contribution in [-0.2, 0) is 38.1 Å². The third-order valence-corrected chi connectivity index (χ3v) is 4.26. The number of carbonyl (C=O) groups excluding carboxylic acids is 3. The summed E-state index contributed by atoms with van der Waals surface area (Å²) in [6.45, 7) is 5.25. The molecule has 0 radical (unpaired) electrons. The molecule has 23 heavy (non-hydrogen) atoms. The summed E-state index contributed by atoms with van der Waals surface area (Å²) >= 11 is 0. The van der Waals surface area contributed by atoms with E-state index in [0.717, 1.165) is 0 Å². The van der Waals surface area contributed by atoms with Crippen LogP contribution in [0.4, 0.5) is 0 Å². The number of hydrogen-bond donors (Lipinski definition) is 0. The number of carbonyl (C=O) groups is 3. The fraction of sp³-hybridized carbons (Fsp3) is 0.800. The second-order valence-corrected chi connectivity index (χ2v) is 6.34. The highest BCUT2D eigenvalue weighted by Gasteiger charge is 2.64. The van der Waals surface area contributed by atoms with Gasteiger partial charge in [0.05, 0.1) is 5.92 Å². The molecule has 0 N–H and O–H groups in total. The van der Waals surface area contributed by atoms with Crippen molar-refractivity contribution in [3.8, 4) is 0 Å². The molecule has 3 aliphatic rings. The monoisotopic (exact) mass is 328 g/mol. The van der Waals surface area contributed by atoms with Gasteiger partial charge in [-0.15, -0.1) is 0 Å². The molecule has 0 amide bonds. The van der Waals surface area contributed by atoms with Crippen molar-refractivity contribution in [2.24, 2.45) is 5.92 Å². The molecule has 8 nitrogen and oxygen atoms in total. The second-order valence-electron chi connectivity index (χ2n) is 6.34. The zero-order chi connectivity index (χ0) is 16.8. The molecule has 0 aliphatic carbocycles. The number of aldehydes is 1. The van der Waals surface area contributed by atoms with Crippen LogP contribution in [0.1, 0.15) is 33.6 Å². The Morgan fingerprint density at radius 2 is 2.04 bits per heavy atom. The van der Waals surface area contributed by atoms with Gasteiger partial charge in [-0.25, -0.2) is 4.79 Å². The van der Waals surface area contributed by atoms with Crippen LogP contribution in [-0.4, -0.2) is 54.7 Å². The van der Waals surface area contributed by atoms with E-state index in [1.165, 1.54) is 0 Å². The van der Waals surface area contributed by atoms with E-state index in [-0.39, 0.29) is 6.42 Å². The molecule has 3 saturated heterocycles. The first-order valence-electron chi connectivity index (χ1n) is 7.72. The van der Waals surface area contributed by atoms with Gasteiger partial charge in [0.15, 0.2) is 24.3 Å². The van der Waals surface area contributed by atoms with Gasteiger partial charge in [0.25, 0.3) is 0 Å². The van der Waals surface area contributed by atoms with E-state index in [0.29, 0.717) is 12.7 Å². The van der Waals surface area contributed by atoms with Crippen LogP contribution in [0.5, 0.6) is 0 Å². The lowest BCUT2D eigenvalue weighted by atomic mass is 10.0. The normalized spacial score (nSPS) is 38.6. The smallest absolute Gasteiger partial charge is 0.350 e. The molecular formula is C15H20O8. The number of rotatable bonds is 5. The van der Waals surface area contributed by atoms with Crippen molar-refractivity contribution >= 4 is 18.2 Å². The first-order valence-corrected chi connectivity index (χ1v) is 7.72. The lowest BCUT2D eigenvalue weighted by Gasteiger charge is -2.22. The Hall–Kier alpha value is -1.51. The number of fused-ring (bicyclic) bond motifs is 3. The van der Waals surface area contributed by atoms with E-state index in [4.69, 9.17) is 23.7 Å². The molecule has 3 rings (SSSR count). The highest BCUT2D eigenvalue weighted by Crippen LogP contribution is 2.43. The van der Waals surface area contributed by atoms with Crippen LogP contribution in [0.25, 0.3) is 0 Å². The van der Waals surface area contributed by atoms with E-state index < -0.39 is 54.3 Å². The van der Waals surface area contributed by atoms with Gasteiger partial charge in [-0.1, -0.05) is 6.92 Å². The topological polar surface area (TPSA) is 97.4 Å². The Bertz CT molecular complexity index is 516. The zero-order valence-electron chi connectivity index (χ0n) is 13.2. The second kappa shape index (κ2) is 5.85. The van der Waals surface area contributed by atoms with E-state index in [9.17, 15) is 14.4 Å². The van der Waals surface area contributed by atoms with E-state index in [1.807, 2.05) is 0 Å². The van der Waals surface area contributed by atoms with Gasteiger partial charge in [0.2, 0.25) is 6.10 Å². The molecule has 8 heteroatoms. The predicted molar refractivity (Wildman–Crippen MR) is 72.9 cm³/mol. The number of esters is 2. The van der Waals surface area contributed by atoms with Gasteiger partial charge in [-0.3, -0.25) is 4.79 Å². The lowest BCUT2D eigenvalue weighted by Crippen LogP contribution is -2.38. The molecule has 0 aromatic rings. The molecule has 6 atom stereocenters. The number of hydrogen-bond acceptors (Lipinski definition) is 8. The average Bonchev–Trinajstić information content (AvgIpc) is 3.04. The van der Waals surface area contributed by atoms with Crippen molar-refractivity contribution in [3.63, 3.8) is 0 Å². The van der Waals surface area contributed by atoms with Crippen molar-refractivity contribution in [2.45, 2.75) is 70.1 Å². The first kappa shape index (κ1) is 16.4. The molecule has 0 aromatic heterocycles. The molecule has 0 spiro atoms. The van der Waals surface area contributed by atoms with Gasteiger partial charge < -0.3 is 28.5 Å². The zero-order valence-corrected chi connectivity index (χ0v) is 13.2. The van der Waals surface area contributed by atoms with Gasteiger partial charge in [-0.2, -0.15) is 0 Å².